The van der Waals surface area contributed by atoms with E-state index in [0.717, 1.165) is 10.2 Å². The molecule has 14 heavy (non-hydrogen) atoms. The van der Waals surface area contributed by atoms with Crippen molar-refractivity contribution in [2.24, 2.45) is 0 Å². The largest absolute Gasteiger partial charge is 0.305 e. The van der Waals surface area contributed by atoms with Gasteiger partial charge in [0.2, 0.25) is 5.91 Å². The number of hydrogen-bond acceptors (Lipinski definition) is 2. The molecule has 1 aromatic carbocycles. The molecule has 1 fully saturated rings. The molecule has 1 aliphatic rings. The summed E-state index contributed by atoms with van der Waals surface area (Å²) in [5.74, 6) is -0.129. The third-order valence-corrected chi connectivity index (χ3v) is 2.65. The Bertz CT molecular complexity index is 386. The number of anilines is 1. The van der Waals surface area contributed by atoms with E-state index in [1.807, 2.05) is 24.3 Å². The molecule has 1 amide bonds. The summed E-state index contributed by atoms with van der Waals surface area (Å²) in [4.78, 5) is 23.9. The maximum atomic E-state index is 11.4. The fourth-order valence-corrected chi connectivity index (χ4v) is 1.71. The SMILES string of the molecule is O=C1CC(=O)N(c2ccc(Br)cc2)C1. The van der Waals surface area contributed by atoms with Crippen LogP contribution in [0.5, 0.6) is 0 Å². The van der Waals surface area contributed by atoms with Crippen LogP contribution in [-0.2, 0) is 9.59 Å². The van der Waals surface area contributed by atoms with E-state index in [2.05, 4.69) is 15.9 Å². The molecule has 0 radical (unpaired) electrons. The molecule has 0 saturated carbocycles. The lowest BCUT2D eigenvalue weighted by Gasteiger charge is -2.14. The summed E-state index contributed by atoms with van der Waals surface area (Å²) in [6.07, 6.45) is 0.0378. The second-order valence-corrected chi connectivity index (χ2v) is 4.09. The van der Waals surface area contributed by atoms with Crippen LogP contribution in [0.2, 0.25) is 0 Å². The number of carbonyl (C=O) groups excluding carboxylic acids is 2. The van der Waals surface area contributed by atoms with Crippen LogP contribution >= 0.6 is 15.9 Å². The molecular weight excluding hydrogens is 246 g/mol. The van der Waals surface area contributed by atoms with E-state index in [1.165, 1.54) is 4.90 Å². The van der Waals surface area contributed by atoms with E-state index < -0.39 is 0 Å². The molecule has 4 heteroatoms. The molecule has 1 saturated heterocycles. The normalized spacial score (nSPS) is 16.5. The Labute approximate surface area is 89.8 Å². The Morgan fingerprint density at radius 1 is 1.14 bits per heavy atom. The maximum Gasteiger partial charge on any atom is 0.234 e. The van der Waals surface area contributed by atoms with Gasteiger partial charge in [-0.25, -0.2) is 0 Å². The van der Waals surface area contributed by atoms with Gasteiger partial charge in [-0.05, 0) is 24.3 Å². The fraction of sp³-hybridized carbons (Fsp3) is 0.200. The quantitative estimate of drug-likeness (QED) is 0.716. The molecule has 1 aromatic rings. The van der Waals surface area contributed by atoms with Crippen LogP contribution in [0.25, 0.3) is 0 Å². The van der Waals surface area contributed by atoms with Crippen molar-refractivity contribution in [1.82, 2.24) is 0 Å². The monoisotopic (exact) mass is 253 g/mol. The number of Topliss-reactive ketones (excluding diaryl/α,β-unsaturated/α-hetero) is 1. The Balaban J connectivity index is 2.27. The molecule has 1 aliphatic heterocycles. The first-order valence-electron chi connectivity index (χ1n) is 4.24. The first-order chi connectivity index (χ1) is 6.66. The number of amides is 1. The zero-order valence-corrected chi connectivity index (χ0v) is 8.95. The van der Waals surface area contributed by atoms with Crippen molar-refractivity contribution >= 4 is 33.3 Å². The summed E-state index contributed by atoms with van der Waals surface area (Å²) in [6.45, 7) is 0.209. The second kappa shape index (κ2) is 3.53. The molecule has 0 atom stereocenters. The van der Waals surface area contributed by atoms with Gasteiger partial charge in [0.1, 0.15) is 0 Å². The lowest BCUT2D eigenvalue weighted by atomic mass is 10.3. The van der Waals surface area contributed by atoms with E-state index in [9.17, 15) is 9.59 Å². The van der Waals surface area contributed by atoms with E-state index >= 15 is 0 Å². The summed E-state index contributed by atoms with van der Waals surface area (Å²) in [5, 5.41) is 0. The molecule has 1 heterocycles. The molecule has 0 bridgehead atoms. The van der Waals surface area contributed by atoms with Crippen LogP contribution in [0.1, 0.15) is 6.42 Å². The Kier molecular flexibility index (Phi) is 2.37. The highest BCUT2D eigenvalue weighted by Crippen LogP contribution is 2.21. The van der Waals surface area contributed by atoms with Gasteiger partial charge in [0, 0.05) is 10.2 Å². The minimum Gasteiger partial charge on any atom is -0.305 e. The van der Waals surface area contributed by atoms with Gasteiger partial charge >= 0.3 is 0 Å². The number of ketones is 1. The van der Waals surface area contributed by atoms with E-state index in [-0.39, 0.29) is 24.7 Å². The van der Waals surface area contributed by atoms with Gasteiger partial charge in [-0.1, -0.05) is 15.9 Å². The van der Waals surface area contributed by atoms with Gasteiger partial charge in [0.15, 0.2) is 5.78 Å². The highest BCUT2D eigenvalue weighted by Gasteiger charge is 2.28. The van der Waals surface area contributed by atoms with Crippen molar-refractivity contribution in [3.05, 3.63) is 28.7 Å². The fourth-order valence-electron chi connectivity index (χ4n) is 1.44. The minimum atomic E-state index is -0.114. The lowest BCUT2D eigenvalue weighted by Crippen LogP contribution is -2.24. The molecule has 2 rings (SSSR count). The van der Waals surface area contributed by atoms with Crippen LogP contribution < -0.4 is 4.90 Å². The standard InChI is InChI=1S/C10H8BrNO2/c11-7-1-3-8(4-2-7)12-6-9(13)5-10(12)14/h1-4H,5-6H2. The van der Waals surface area contributed by atoms with Crippen molar-refractivity contribution < 1.29 is 9.59 Å². The number of carbonyl (C=O) groups is 2. The van der Waals surface area contributed by atoms with Gasteiger partial charge in [-0.2, -0.15) is 0 Å². The maximum absolute atomic E-state index is 11.4. The van der Waals surface area contributed by atoms with Crippen LogP contribution in [-0.4, -0.2) is 18.2 Å². The predicted octanol–water partition coefficient (Wildman–Crippen LogP) is 1.75. The van der Waals surface area contributed by atoms with Gasteiger partial charge in [-0.3, -0.25) is 9.59 Å². The predicted molar refractivity (Wildman–Crippen MR) is 56.1 cm³/mol. The van der Waals surface area contributed by atoms with E-state index in [0.29, 0.717) is 0 Å². The van der Waals surface area contributed by atoms with Gasteiger partial charge in [-0.15, -0.1) is 0 Å². The average Bonchev–Trinajstić information content (AvgIpc) is 2.47. The Hall–Kier alpha value is -1.16. The first kappa shape index (κ1) is 9.40. The first-order valence-corrected chi connectivity index (χ1v) is 5.04. The highest BCUT2D eigenvalue weighted by atomic mass is 79.9. The third kappa shape index (κ3) is 1.70. The smallest absolute Gasteiger partial charge is 0.234 e. The minimum absolute atomic E-state index is 0.0158. The molecular formula is C10H8BrNO2. The summed E-state index contributed by atoms with van der Waals surface area (Å²) < 4.78 is 0.958. The summed E-state index contributed by atoms with van der Waals surface area (Å²) in [5.41, 5.74) is 0.782. The van der Waals surface area contributed by atoms with Crippen molar-refractivity contribution in [3.8, 4) is 0 Å². The van der Waals surface area contributed by atoms with Gasteiger partial charge < -0.3 is 4.90 Å². The van der Waals surface area contributed by atoms with Gasteiger partial charge in [0.05, 0.1) is 13.0 Å². The van der Waals surface area contributed by atoms with E-state index in [1.54, 1.807) is 0 Å². The zero-order valence-electron chi connectivity index (χ0n) is 7.37. The number of nitrogens with zero attached hydrogens (tertiary/aromatic N) is 1. The zero-order chi connectivity index (χ0) is 10.1. The van der Waals surface area contributed by atoms with Gasteiger partial charge in [0.25, 0.3) is 0 Å². The Morgan fingerprint density at radius 2 is 1.79 bits per heavy atom. The topological polar surface area (TPSA) is 37.4 Å². The third-order valence-electron chi connectivity index (χ3n) is 2.12. The molecule has 72 valence electrons. The average molecular weight is 254 g/mol. The number of benzene rings is 1. The lowest BCUT2D eigenvalue weighted by molar-refractivity contribution is -0.121. The van der Waals surface area contributed by atoms with Crippen LogP contribution in [0, 0.1) is 0 Å². The van der Waals surface area contributed by atoms with Crippen molar-refractivity contribution in [1.29, 1.82) is 0 Å². The number of halogens is 1. The second-order valence-electron chi connectivity index (χ2n) is 3.17. The molecule has 0 aromatic heterocycles. The Morgan fingerprint density at radius 3 is 2.29 bits per heavy atom. The molecule has 0 aliphatic carbocycles. The molecule has 0 unspecified atom stereocenters. The van der Waals surface area contributed by atoms with E-state index in [4.69, 9.17) is 0 Å². The van der Waals surface area contributed by atoms with Crippen molar-refractivity contribution in [2.75, 3.05) is 11.4 Å². The van der Waals surface area contributed by atoms with Crippen molar-refractivity contribution in [3.63, 3.8) is 0 Å². The molecule has 3 nitrogen and oxygen atoms in total. The molecule has 0 N–H and O–H groups in total. The number of hydrogen-bond donors (Lipinski definition) is 0. The molecule has 0 spiro atoms. The van der Waals surface area contributed by atoms with Crippen LogP contribution in [0.3, 0.4) is 0 Å². The highest BCUT2D eigenvalue weighted by molar-refractivity contribution is 9.10. The summed E-state index contributed by atoms with van der Waals surface area (Å²) in [6, 6.07) is 7.35. The number of rotatable bonds is 1. The summed E-state index contributed by atoms with van der Waals surface area (Å²) in [7, 11) is 0. The van der Waals surface area contributed by atoms with Crippen LogP contribution in [0.4, 0.5) is 5.69 Å². The van der Waals surface area contributed by atoms with Crippen molar-refractivity contribution in [2.45, 2.75) is 6.42 Å². The summed E-state index contributed by atoms with van der Waals surface area (Å²) >= 11 is 3.31. The van der Waals surface area contributed by atoms with Crippen LogP contribution in [0.15, 0.2) is 28.7 Å².